The Balaban J connectivity index is 1.90. The second-order valence-corrected chi connectivity index (χ2v) is 6.47. The molecule has 0 aliphatic heterocycles. The molecule has 0 heterocycles. The smallest absolute Gasteiger partial charge is 0.121 e. The van der Waals surface area contributed by atoms with Gasteiger partial charge in [-0.15, -0.1) is 0 Å². The molecule has 1 saturated carbocycles. The van der Waals surface area contributed by atoms with Crippen molar-refractivity contribution in [2.24, 2.45) is 5.41 Å². The fourth-order valence-corrected chi connectivity index (χ4v) is 2.98. The normalized spacial score (nSPS) is 21.4. The van der Waals surface area contributed by atoms with E-state index in [1.807, 2.05) is 12.1 Å². The Kier molecular flexibility index (Phi) is 5.30. The Morgan fingerprint density at radius 3 is 2.90 bits per heavy atom. The summed E-state index contributed by atoms with van der Waals surface area (Å²) in [5.74, 6) is 0.905. The average Bonchev–Trinajstić information content (AvgIpc) is 2.38. The maximum Gasteiger partial charge on any atom is 0.121 e. The Bertz CT molecular complexity index is 417. The summed E-state index contributed by atoms with van der Waals surface area (Å²) in [7, 11) is 1.69. The molecule has 0 spiro atoms. The fourth-order valence-electron chi connectivity index (χ4n) is 2.98. The van der Waals surface area contributed by atoms with E-state index in [2.05, 4.69) is 31.3 Å². The number of hydrogen-bond donors (Lipinski definition) is 1. The summed E-state index contributed by atoms with van der Waals surface area (Å²) < 4.78 is 10.6. The molecule has 20 heavy (non-hydrogen) atoms. The van der Waals surface area contributed by atoms with E-state index in [1.54, 1.807) is 7.11 Å². The number of methoxy groups -OCH3 is 1. The summed E-state index contributed by atoms with van der Waals surface area (Å²) in [6.45, 7) is 5.95. The van der Waals surface area contributed by atoms with Gasteiger partial charge in [-0.1, -0.05) is 26.3 Å². The standard InChI is InChI=1S/C17H27NO2/c1-17(2)9-5-7-15(13-17)18-14-6-4-8-16(12-14)20-11-10-19-3/h4,6,8,12,15,18H,5,7,9-11,13H2,1-3H3. The van der Waals surface area contributed by atoms with E-state index >= 15 is 0 Å². The molecule has 3 heteroatoms. The van der Waals surface area contributed by atoms with Gasteiger partial charge < -0.3 is 14.8 Å². The zero-order valence-electron chi connectivity index (χ0n) is 12.9. The number of rotatable bonds is 6. The molecule has 112 valence electrons. The van der Waals surface area contributed by atoms with Crippen molar-refractivity contribution in [3.63, 3.8) is 0 Å². The monoisotopic (exact) mass is 277 g/mol. The first-order valence-corrected chi connectivity index (χ1v) is 7.57. The van der Waals surface area contributed by atoms with Gasteiger partial charge in [-0.3, -0.25) is 0 Å². The zero-order valence-corrected chi connectivity index (χ0v) is 12.9. The minimum absolute atomic E-state index is 0.461. The van der Waals surface area contributed by atoms with E-state index in [0.717, 1.165) is 11.4 Å². The van der Waals surface area contributed by atoms with E-state index in [0.29, 0.717) is 24.7 Å². The molecule has 1 fully saturated rings. The van der Waals surface area contributed by atoms with Crippen molar-refractivity contribution in [3.8, 4) is 5.75 Å². The van der Waals surface area contributed by atoms with Crippen LogP contribution in [0.15, 0.2) is 24.3 Å². The molecule has 1 aromatic rings. The minimum atomic E-state index is 0.461. The van der Waals surface area contributed by atoms with Crippen molar-refractivity contribution in [1.29, 1.82) is 0 Å². The molecule has 0 aromatic heterocycles. The zero-order chi connectivity index (χ0) is 14.4. The van der Waals surface area contributed by atoms with Crippen LogP contribution in [0.25, 0.3) is 0 Å². The van der Waals surface area contributed by atoms with Crippen LogP contribution in [0.4, 0.5) is 5.69 Å². The first-order valence-electron chi connectivity index (χ1n) is 7.57. The lowest BCUT2D eigenvalue weighted by Gasteiger charge is -2.36. The molecule has 1 aliphatic rings. The van der Waals surface area contributed by atoms with E-state index in [-0.39, 0.29) is 0 Å². The van der Waals surface area contributed by atoms with Crippen LogP contribution in [0.3, 0.4) is 0 Å². The summed E-state index contributed by atoms with van der Waals surface area (Å²) in [5, 5.41) is 3.66. The Morgan fingerprint density at radius 1 is 1.30 bits per heavy atom. The molecular formula is C17H27NO2. The predicted molar refractivity (Wildman–Crippen MR) is 83.5 cm³/mol. The third-order valence-electron chi connectivity index (χ3n) is 3.97. The molecule has 0 amide bonds. The molecule has 0 radical (unpaired) electrons. The summed E-state index contributed by atoms with van der Waals surface area (Å²) in [5.41, 5.74) is 1.62. The largest absolute Gasteiger partial charge is 0.491 e. The molecule has 1 atom stereocenters. The van der Waals surface area contributed by atoms with Crippen LogP contribution < -0.4 is 10.1 Å². The second kappa shape index (κ2) is 6.98. The molecule has 3 nitrogen and oxygen atoms in total. The van der Waals surface area contributed by atoms with Crippen LogP contribution >= 0.6 is 0 Å². The van der Waals surface area contributed by atoms with Crippen molar-refractivity contribution >= 4 is 5.69 Å². The molecule has 2 rings (SSSR count). The third kappa shape index (κ3) is 4.71. The molecule has 0 bridgehead atoms. The Hall–Kier alpha value is -1.22. The number of hydrogen-bond acceptors (Lipinski definition) is 3. The summed E-state index contributed by atoms with van der Waals surface area (Å²) in [4.78, 5) is 0. The van der Waals surface area contributed by atoms with Crippen molar-refractivity contribution < 1.29 is 9.47 Å². The second-order valence-electron chi connectivity index (χ2n) is 6.47. The van der Waals surface area contributed by atoms with Gasteiger partial charge in [-0.05, 0) is 36.8 Å². The van der Waals surface area contributed by atoms with Gasteiger partial charge >= 0.3 is 0 Å². The highest BCUT2D eigenvalue weighted by atomic mass is 16.5. The van der Waals surface area contributed by atoms with Crippen molar-refractivity contribution in [1.82, 2.24) is 0 Å². The highest BCUT2D eigenvalue weighted by Gasteiger charge is 2.27. The van der Waals surface area contributed by atoms with Gasteiger partial charge in [0.25, 0.3) is 0 Å². The van der Waals surface area contributed by atoms with E-state index in [4.69, 9.17) is 9.47 Å². The lowest BCUT2D eigenvalue weighted by atomic mass is 9.75. The summed E-state index contributed by atoms with van der Waals surface area (Å²) in [6, 6.07) is 8.81. The number of ether oxygens (including phenoxy) is 2. The van der Waals surface area contributed by atoms with Crippen LogP contribution in [0.1, 0.15) is 39.5 Å². The highest BCUT2D eigenvalue weighted by Crippen LogP contribution is 2.36. The number of nitrogens with one attached hydrogen (secondary N) is 1. The minimum Gasteiger partial charge on any atom is -0.491 e. The topological polar surface area (TPSA) is 30.5 Å². The van der Waals surface area contributed by atoms with Gasteiger partial charge in [0.05, 0.1) is 6.61 Å². The van der Waals surface area contributed by atoms with Crippen molar-refractivity contribution in [2.75, 3.05) is 25.6 Å². The summed E-state index contributed by atoms with van der Waals surface area (Å²) in [6.07, 6.45) is 5.15. The van der Waals surface area contributed by atoms with Gasteiger partial charge in [0, 0.05) is 24.9 Å². The first kappa shape index (κ1) is 15.2. The van der Waals surface area contributed by atoms with E-state index < -0.39 is 0 Å². The molecule has 1 aromatic carbocycles. The van der Waals surface area contributed by atoms with Crippen molar-refractivity contribution in [2.45, 2.75) is 45.6 Å². The van der Waals surface area contributed by atoms with Gasteiger partial charge in [-0.2, -0.15) is 0 Å². The molecular weight excluding hydrogens is 250 g/mol. The van der Waals surface area contributed by atoms with Crippen LogP contribution in [0.2, 0.25) is 0 Å². The Morgan fingerprint density at radius 2 is 2.15 bits per heavy atom. The van der Waals surface area contributed by atoms with Gasteiger partial charge in [-0.25, -0.2) is 0 Å². The van der Waals surface area contributed by atoms with Crippen LogP contribution in [0.5, 0.6) is 5.75 Å². The summed E-state index contributed by atoms with van der Waals surface area (Å²) >= 11 is 0. The third-order valence-corrected chi connectivity index (χ3v) is 3.97. The fraction of sp³-hybridized carbons (Fsp3) is 0.647. The molecule has 1 aliphatic carbocycles. The maximum atomic E-state index is 5.65. The Labute approximate surface area is 122 Å². The van der Waals surface area contributed by atoms with Crippen molar-refractivity contribution in [3.05, 3.63) is 24.3 Å². The van der Waals surface area contributed by atoms with Crippen LogP contribution in [-0.2, 0) is 4.74 Å². The van der Waals surface area contributed by atoms with Gasteiger partial charge in [0.15, 0.2) is 0 Å². The quantitative estimate of drug-likeness (QED) is 0.794. The number of anilines is 1. The van der Waals surface area contributed by atoms with Crippen LogP contribution in [0, 0.1) is 5.41 Å². The lowest BCUT2D eigenvalue weighted by molar-refractivity contribution is 0.146. The lowest BCUT2D eigenvalue weighted by Crippen LogP contribution is -2.31. The van der Waals surface area contributed by atoms with Gasteiger partial charge in [0.1, 0.15) is 12.4 Å². The predicted octanol–water partition coefficient (Wildman–Crippen LogP) is 4.09. The van der Waals surface area contributed by atoms with E-state index in [1.165, 1.54) is 25.7 Å². The van der Waals surface area contributed by atoms with E-state index in [9.17, 15) is 0 Å². The first-order chi connectivity index (χ1) is 9.59. The molecule has 1 unspecified atom stereocenters. The molecule has 0 saturated heterocycles. The highest BCUT2D eigenvalue weighted by molar-refractivity contribution is 5.49. The number of benzene rings is 1. The van der Waals surface area contributed by atoms with Crippen LogP contribution in [-0.4, -0.2) is 26.4 Å². The SMILES string of the molecule is COCCOc1cccc(NC2CCCC(C)(C)C2)c1. The van der Waals surface area contributed by atoms with Gasteiger partial charge in [0.2, 0.25) is 0 Å². The average molecular weight is 277 g/mol. The maximum absolute atomic E-state index is 5.65. The molecule has 1 N–H and O–H groups in total.